The van der Waals surface area contributed by atoms with E-state index in [4.69, 9.17) is 14.2 Å². The highest BCUT2D eigenvalue weighted by atomic mass is 33.1. The van der Waals surface area contributed by atoms with Crippen molar-refractivity contribution in [1.29, 1.82) is 0 Å². The van der Waals surface area contributed by atoms with E-state index in [-0.39, 0.29) is 6.61 Å². The fourth-order valence-electron chi connectivity index (χ4n) is 5.65. The normalized spacial score (nSPS) is 16.6. The van der Waals surface area contributed by atoms with Crippen LogP contribution in [0.1, 0.15) is 31.1 Å². The summed E-state index contributed by atoms with van der Waals surface area (Å²) in [4.78, 5) is 39.9. The number of esters is 3. The Kier molecular flexibility index (Phi) is 10.6. The van der Waals surface area contributed by atoms with Gasteiger partial charge in [0, 0.05) is 0 Å². The molecule has 8 heteroatoms. The number of hydrogen-bond donors (Lipinski definition) is 0. The molecule has 0 N–H and O–H groups in total. The number of rotatable bonds is 10. The molecular weight excluding hydrogens is 677 g/mol. The van der Waals surface area contributed by atoms with Crippen LogP contribution in [0.25, 0.3) is 33.4 Å². The first kappa shape index (κ1) is 33.9. The molecule has 1 saturated heterocycles. The summed E-state index contributed by atoms with van der Waals surface area (Å²) in [6.45, 7) is -0.0539. The van der Waals surface area contributed by atoms with E-state index in [1.165, 1.54) is 21.6 Å². The number of benzene rings is 6. The van der Waals surface area contributed by atoms with Crippen molar-refractivity contribution in [2.24, 2.45) is 0 Å². The minimum Gasteiger partial charge on any atom is -0.461 e. The third-order valence-electron chi connectivity index (χ3n) is 8.44. The molecule has 0 aliphatic carbocycles. The van der Waals surface area contributed by atoms with Gasteiger partial charge in [-0.1, -0.05) is 138 Å². The highest BCUT2D eigenvalue weighted by Crippen LogP contribution is 2.46. The van der Waals surface area contributed by atoms with Gasteiger partial charge in [-0.25, -0.2) is 14.4 Å². The Morgan fingerprint density at radius 2 is 0.765 bits per heavy atom. The maximum Gasteiger partial charge on any atom is 0.339 e. The number of carbonyl (C=O) groups excluding carboxylic acids is 3. The van der Waals surface area contributed by atoms with Gasteiger partial charge in [-0.3, -0.25) is 0 Å². The second-order valence-corrected chi connectivity index (χ2v) is 14.4. The van der Waals surface area contributed by atoms with Gasteiger partial charge >= 0.3 is 17.9 Å². The van der Waals surface area contributed by atoms with E-state index in [1.807, 2.05) is 127 Å². The van der Waals surface area contributed by atoms with Crippen LogP contribution in [-0.2, 0) is 14.2 Å². The van der Waals surface area contributed by atoms with Crippen LogP contribution in [0.15, 0.2) is 164 Å². The molecule has 1 aliphatic heterocycles. The largest absolute Gasteiger partial charge is 0.461 e. The molecule has 1 aliphatic rings. The van der Waals surface area contributed by atoms with Crippen molar-refractivity contribution in [2.75, 3.05) is 6.61 Å². The van der Waals surface area contributed by atoms with E-state index < -0.39 is 34.7 Å². The van der Waals surface area contributed by atoms with E-state index in [1.54, 1.807) is 36.4 Å². The van der Waals surface area contributed by atoms with Crippen LogP contribution in [0, 0.1) is 0 Å². The molecule has 0 bridgehead atoms. The highest BCUT2D eigenvalue weighted by molar-refractivity contribution is 8.77. The van der Waals surface area contributed by atoms with Gasteiger partial charge in [0.15, 0.2) is 11.5 Å². The molecule has 7 rings (SSSR count). The van der Waals surface area contributed by atoms with E-state index >= 15 is 0 Å². The van der Waals surface area contributed by atoms with Gasteiger partial charge in [-0.05, 0) is 80.6 Å². The molecule has 0 spiro atoms. The topological polar surface area (TPSA) is 78.9 Å². The molecule has 51 heavy (non-hydrogen) atoms. The lowest BCUT2D eigenvalue weighted by molar-refractivity contribution is -0.0145. The molecule has 3 atom stereocenters. The van der Waals surface area contributed by atoms with Crippen molar-refractivity contribution in [3.05, 3.63) is 180 Å². The van der Waals surface area contributed by atoms with Crippen LogP contribution < -0.4 is 0 Å². The standard InChI is InChI=1S/C43H32O6S2/c44-40(35-22-16-32(17-23-35)29-10-4-1-5-11-29)47-28-38-39(48-41(45)36-24-18-33(19-25-36)30-12-6-2-7-13-30)43(51-50-38)49-42(46)37-26-20-34(21-27-37)31-14-8-3-9-15-31/h1-27,38-39,43H,28H2/t38-,39+,43+/m1/s1. The summed E-state index contributed by atoms with van der Waals surface area (Å²) >= 11 is 0. The third-order valence-corrected chi connectivity index (χ3v) is 11.4. The van der Waals surface area contributed by atoms with Gasteiger partial charge < -0.3 is 14.2 Å². The Bertz CT molecular complexity index is 2090. The Morgan fingerprint density at radius 1 is 0.412 bits per heavy atom. The third kappa shape index (κ3) is 8.26. The van der Waals surface area contributed by atoms with Crippen LogP contribution in [-0.4, -0.2) is 41.3 Å². The molecule has 6 aromatic rings. The SMILES string of the molecule is O=C(OC[C@H]1SS[C@H](OC(=O)c2ccc(-c3ccccc3)cc2)[C@H]1OC(=O)c1ccc(-c2ccccc2)cc1)c1ccc(-c2ccccc2)cc1. The second kappa shape index (κ2) is 16.0. The van der Waals surface area contributed by atoms with E-state index in [0.29, 0.717) is 16.7 Å². The van der Waals surface area contributed by atoms with Gasteiger partial charge in [0.25, 0.3) is 0 Å². The molecule has 0 radical (unpaired) electrons. The van der Waals surface area contributed by atoms with Crippen LogP contribution in [0.3, 0.4) is 0 Å². The molecule has 6 nitrogen and oxygen atoms in total. The van der Waals surface area contributed by atoms with Gasteiger partial charge in [0.05, 0.1) is 21.9 Å². The zero-order valence-electron chi connectivity index (χ0n) is 27.3. The van der Waals surface area contributed by atoms with E-state index in [2.05, 4.69) is 0 Å². The summed E-state index contributed by atoms with van der Waals surface area (Å²) in [6.07, 6.45) is -0.887. The Labute approximate surface area is 304 Å². The molecule has 1 fully saturated rings. The van der Waals surface area contributed by atoms with Crippen LogP contribution in [0.2, 0.25) is 0 Å². The Morgan fingerprint density at radius 3 is 1.18 bits per heavy atom. The van der Waals surface area contributed by atoms with Gasteiger partial charge in [-0.15, -0.1) is 0 Å². The highest BCUT2D eigenvalue weighted by Gasteiger charge is 2.44. The van der Waals surface area contributed by atoms with E-state index in [0.717, 1.165) is 33.4 Å². The molecule has 0 unspecified atom stereocenters. The lowest BCUT2D eigenvalue weighted by Gasteiger charge is -2.23. The van der Waals surface area contributed by atoms with Gasteiger partial charge in [0.2, 0.25) is 0 Å². The van der Waals surface area contributed by atoms with Crippen molar-refractivity contribution in [3.63, 3.8) is 0 Å². The summed E-state index contributed by atoms with van der Waals surface area (Å²) in [5.74, 6) is -1.61. The lowest BCUT2D eigenvalue weighted by atomic mass is 10.0. The predicted molar refractivity (Wildman–Crippen MR) is 203 cm³/mol. The first-order valence-corrected chi connectivity index (χ1v) is 18.7. The van der Waals surface area contributed by atoms with Gasteiger partial charge in [-0.2, -0.15) is 0 Å². The monoisotopic (exact) mass is 708 g/mol. The van der Waals surface area contributed by atoms with Crippen LogP contribution >= 0.6 is 21.6 Å². The fourth-order valence-corrected chi connectivity index (χ4v) is 8.61. The minimum absolute atomic E-state index is 0.0539. The molecule has 0 saturated carbocycles. The van der Waals surface area contributed by atoms with Crippen molar-refractivity contribution in [1.82, 2.24) is 0 Å². The summed E-state index contributed by atoms with van der Waals surface area (Å²) in [5.41, 5.74) is 6.32. The molecule has 0 aromatic heterocycles. The maximum atomic E-state index is 13.5. The Hall–Kier alpha value is -5.57. The zero-order valence-corrected chi connectivity index (χ0v) is 28.9. The minimum atomic E-state index is -0.887. The summed E-state index contributed by atoms with van der Waals surface area (Å²) in [5, 5.41) is -0.492. The average molecular weight is 709 g/mol. The smallest absolute Gasteiger partial charge is 0.339 e. The number of hydrogen-bond acceptors (Lipinski definition) is 8. The second-order valence-electron chi connectivity index (χ2n) is 11.8. The average Bonchev–Trinajstić information content (AvgIpc) is 3.57. The lowest BCUT2D eigenvalue weighted by Crippen LogP contribution is -2.38. The molecule has 6 aromatic carbocycles. The van der Waals surface area contributed by atoms with Crippen LogP contribution in [0.4, 0.5) is 0 Å². The van der Waals surface area contributed by atoms with Crippen molar-refractivity contribution >= 4 is 39.5 Å². The zero-order chi connectivity index (χ0) is 35.0. The van der Waals surface area contributed by atoms with Gasteiger partial charge in [0.1, 0.15) is 6.61 Å². The predicted octanol–water partition coefficient (Wildman–Crippen LogP) is 10.0. The quantitative estimate of drug-likeness (QED) is 0.0791. The molecule has 0 amide bonds. The molecule has 1 heterocycles. The van der Waals surface area contributed by atoms with Crippen molar-refractivity contribution in [2.45, 2.75) is 16.8 Å². The first-order valence-electron chi connectivity index (χ1n) is 16.4. The summed E-state index contributed by atoms with van der Waals surface area (Å²) in [6, 6.07) is 51.2. The van der Waals surface area contributed by atoms with Crippen molar-refractivity contribution in [3.8, 4) is 33.4 Å². The van der Waals surface area contributed by atoms with E-state index in [9.17, 15) is 14.4 Å². The summed E-state index contributed by atoms with van der Waals surface area (Å²) in [7, 11) is 2.62. The number of carbonyl (C=O) groups is 3. The molecular formula is C43H32O6S2. The maximum absolute atomic E-state index is 13.5. The van der Waals surface area contributed by atoms with Crippen molar-refractivity contribution < 1.29 is 28.6 Å². The van der Waals surface area contributed by atoms with Crippen LogP contribution in [0.5, 0.6) is 0 Å². The first-order chi connectivity index (χ1) is 25.0. The fraction of sp³-hybridized carbons (Fsp3) is 0.0930. The number of ether oxygens (including phenoxy) is 3. The molecule has 252 valence electrons. The Balaban J connectivity index is 1.05. The summed E-state index contributed by atoms with van der Waals surface area (Å²) < 4.78 is 17.7.